The van der Waals surface area contributed by atoms with Crippen molar-refractivity contribution in [3.05, 3.63) is 52.5 Å². The Hall–Kier alpha value is -3.49. The van der Waals surface area contributed by atoms with Gasteiger partial charge in [0.1, 0.15) is 0 Å². The maximum absolute atomic E-state index is 10.6. The van der Waals surface area contributed by atoms with E-state index < -0.39 is 36.4 Å². The normalized spacial score (nSPS) is 19.9. The van der Waals surface area contributed by atoms with E-state index in [0.717, 1.165) is 26.2 Å². The summed E-state index contributed by atoms with van der Waals surface area (Å²) in [6.45, 7) is 3.97. The lowest BCUT2D eigenvalue weighted by molar-refractivity contribution is -0.193. The van der Waals surface area contributed by atoms with Crippen LogP contribution >= 0.6 is 11.3 Å². The molecule has 0 amide bonds. The Kier molecular flexibility index (Phi) is 15.2. The van der Waals surface area contributed by atoms with Crippen LogP contribution in [0.5, 0.6) is 0 Å². The van der Waals surface area contributed by atoms with Crippen LogP contribution in [0.1, 0.15) is 24.0 Å². The maximum atomic E-state index is 10.6. The van der Waals surface area contributed by atoms with Gasteiger partial charge in [-0.15, -0.1) is 0 Å². The lowest BCUT2D eigenvalue weighted by atomic mass is 10.00. The molecule has 254 valence electrons. The molecule has 0 bridgehead atoms. The van der Waals surface area contributed by atoms with E-state index in [9.17, 15) is 39.5 Å². The Morgan fingerprint density at radius 2 is 1.49 bits per heavy atom. The summed E-state index contributed by atoms with van der Waals surface area (Å²) in [5.74, 6) is -8.27. The van der Waals surface area contributed by atoms with Gasteiger partial charge in [0.25, 0.3) is 0 Å². The fourth-order valence-corrected chi connectivity index (χ4v) is 4.77. The summed E-state index contributed by atoms with van der Waals surface area (Å²) in [4.78, 5) is 36.0. The first-order chi connectivity index (χ1) is 20.6. The van der Waals surface area contributed by atoms with E-state index in [4.69, 9.17) is 34.4 Å². The van der Waals surface area contributed by atoms with Gasteiger partial charge >= 0.3 is 36.4 Å². The molecule has 2 aliphatic rings. The molecule has 45 heavy (non-hydrogen) atoms. The Morgan fingerprint density at radius 1 is 0.956 bits per heavy atom. The standard InChI is InChI=1S/C19H25N3OS.3C2HF3O2/c1-21(11-15-4-2-7-20-10-15)18-13-22(12-16-6-9-24-14-16)17-5-3-8-23-19(17)18;3*3-2(4,5)1(6)7/h2,4,6-7,9-10,14,17-19H,3,5,8,11-13H2,1H3;3*(H,6,7)/t17-,18-,19+;;;/m1.../s1. The first-order valence-corrected chi connectivity index (χ1v) is 13.4. The molecule has 2 aromatic rings. The number of hydrogen-bond donors (Lipinski definition) is 3. The molecule has 3 N–H and O–H groups in total. The largest absolute Gasteiger partial charge is 0.490 e. The molecule has 4 rings (SSSR count). The zero-order valence-corrected chi connectivity index (χ0v) is 24.0. The van der Waals surface area contributed by atoms with Crippen LogP contribution in [-0.4, -0.2) is 105 Å². The molecular formula is C25H28F9N3O7S. The number of rotatable bonds is 5. The second-order valence-electron chi connectivity index (χ2n) is 9.36. The number of nitrogens with zero attached hydrogens (tertiary/aromatic N) is 3. The van der Waals surface area contributed by atoms with E-state index in [2.05, 4.69) is 44.7 Å². The van der Waals surface area contributed by atoms with Crippen molar-refractivity contribution in [2.75, 3.05) is 20.2 Å². The number of aliphatic carboxylic acids is 3. The number of aromatic nitrogens is 1. The Balaban J connectivity index is 0.000000396. The highest BCUT2D eigenvalue weighted by Gasteiger charge is 2.45. The third kappa shape index (κ3) is 14.4. The fraction of sp³-hybridized carbons (Fsp3) is 0.520. The van der Waals surface area contributed by atoms with Crippen LogP contribution in [0.4, 0.5) is 39.5 Å². The number of alkyl halides is 9. The van der Waals surface area contributed by atoms with Gasteiger partial charge in [0.15, 0.2) is 0 Å². The minimum absolute atomic E-state index is 0.332. The van der Waals surface area contributed by atoms with Gasteiger partial charge in [-0.1, -0.05) is 6.07 Å². The van der Waals surface area contributed by atoms with Crippen molar-refractivity contribution in [1.29, 1.82) is 0 Å². The number of fused-ring (bicyclic) bond motifs is 1. The number of likely N-dealkylation sites (N-methyl/N-ethyl adjacent to an activating group) is 1. The van der Waals surface area contributed by atoms with Gasteiger partial charge in [-0.25, -0.2) is 14.4 Å². The molecule has 4 heterocycles. The van der Waals surface area contributed by atoms with Crippen LogP contribution in [0, 0.1) is 0 Å². The molecule has 20 heteroatoms. The Morgan fingerprint density at radius 3 is 1.91 bits per heavy atom. The molecule has 2 saturated heterocycles. The molecule has 0 saturated carbocycles. The number of likely N-dealkylation sites (tertiary alicyclic amines) is 1. The quantitative estimate of drug-likeness (QED) is 0.372. The second-order valence-corrected chi connectivity index (χ2v) is 10.1. The molecule has 2 fully saturated rings. The molecule has 0 unspecified atom stereocenters. The average Bonchev–Trinajstić information content (AvgIpc) is 3.57. The van der Waals surface area contributed by atoms with Crippen LogP contribution in [-0.2, 0) is 32.2 Å². The van der Waals surface area contributed by atoms with Crippen molar-refractivity contribution in [3.8, 4) is 0 Å². The van der Waals surface area contributed by atoms with Crippen LogP contribution in [0.25, 0.3) is 0 Å². The minimum Gasteiger partial charge on any atom is -0.475 e. The Labute approximate surface area is 253 Å². The highest BCUT2D eigenvalue weighted by Crippen LogP contribution is 2.33. The highest BCUT2D eigenvalue weighted by molar-refractivity contribution is 7.07. The molecule has 0 spiro atoms. The van der Waals surface area contributed by atoms with E-state index >= 15 is 0 Å². The lowest BCUT2D eigenvalue weighted by Crippen LogP contribution is -2.46. The summed E-state index contributed by atoms with van der Waals surface area (Å²) in [6.07, 6.45) is -8.68. The minimum atomic E-state index is -5.08. The summed E-state index contributed by atoms with van der Waals surface area (Å²) >= 11 is 1.79. The van der Waals surface area contributed by atoms with Gasteiger partial charge in [0.2, 0.25) is 0 Å². The van der Waals surface area contributed by atoms with Gasteiger partial charge < -0.3 is 20.1 Å². The number of thiophene rings is 1. The van der Waals surface area contributed by atoms with E-state index in [0.29, 0.717) is 18.2 Å². The summed E-state index contributed by atoms with van der Waals surface area (Å²) in [5, 5.41) is 25.8. The number of carbonyl (C=O) groups is 3. The number of carboxylic acids is 3. The smallest absolute Gasteiger partial charge is 0.475 e. The number of halogens is 9. The maximum Gasteiger partial charge on any atom is 0.490 e. The number of carboxylic acid groups (broad SMARTS) is 3. The van der Waals surface area contributed by atoms with E-state index in [1.807, 2.05) is 18.5 Å². The summed E-state index contributed by atoms with van der Waals surface area (Å²) in [6, 6.07) is 7.42. The molecule has 2 aromatic heterocycles. The van der Waals surface area contributed by atoms with Gasteiger partial charge in [0, 0.05) is 44.7 Å². The summed E-state index contributed by atoms with van der Waals surface area (Å²) in [7, 11) is 2.22. The first kappa shape index (κ1) is 39.5. The molecule has 2 aliphatic heterocycles. The first-order valence-electron chi connectivity index (χ1n) is 12.5. The number of ether oxygens (including phenoxy) is 1. The molecular weight excluding hydrogens is 657 g/mol. The molecule has 0 aromatic carbocycles. The van der Waals surface area contributed by atoms with Crippen molar-refractivity contribution in [1.82, 2.24) is 14.8 Å². The monoisotopic (exact) mass is 685 g/mol. The van der Waals surface area contributed by atoms with Crippen LogP contribution < -0.4 is 0 Å². The van der Waals surface area contributed by atoms with E-state index in [1.54, 1.807) is 11.3 Å². The van der Waals surface area contributed by atoms with Crippen molar-refractivity contribution in [2.24, 2.45) is 0 Å². The van der Waals surface area contributed by atoms with E-state index in [-0.39, 0.29) is 0 Å². The summed E-state index contributed by atoms with van der Waals surface area (Å²) in [5.41, 5.74) is 2.70. The Bertz CT molecular complexity index is 1140. The molecule has 0 aliphatic carbocycles. The zero-order chi connectivity index (χ0) is 34.6. The van der Waals surface area contributed by atoms with Crippen LogP contribution in [0.3, 0.4) is 0 Å². The van der Waals surface area contributed by atoms with E-state index in [1.165, 1.54) is 24.0 Å². The molecule has 10 nitrogen and oxygen atoms in total. The average molecular weight is 686 g/mol. The van der Waals surface area contributed by atoms with Gasteiger partial charge in [-0.3, -0.25) is 14.8 Å². The molecule has 0 radical (unpaired) electrons. The van der Waals surface area contributed by atoms with Crippen LogP contribution in [0.15, 0.2) is 41.4 Å². The highest BCUT2D eigenvalue weighted by atomic mass is 32.1. The van der Waals surface area contributed by atoms with Crippen molar-refractivity contribution in [2.45, 2.75) is 62.6 Å². The van der Waals surface area contributed by atoms with Crippen molar-refractivity contribution >= 4 is 29.2 Å². The molecule has 3 atom stereocenters. The van der Waals surface area contributed by atoms with Crippen molar-refractivity contribution < 1.29 is 74.0 Å². The number of pyridine rings is 1. The summed E-state index contributed by atoms with van der Waals surface area (Å²) < 4.78 is 101. The van der Waals surface area contributed by atoms with Gasteiger partial charge in [-0.2, -0.15) is 50.9 Å². The zero-order valence-electron chi connectivity index (χ0n) is 23.1. The SMILES string of the molecule is CN(Cc1cccnc1)[C@@H]1CN(Cc2ccsc2)[C@@H]2CCCO[C@H]12.O=C(O)C(F)(F)F.O=C(O)C(F)(F)F.O=C(O)C(F)(F)F. The van der Waals surface area contributed by atoms with Gasteiger partial charge in [-0.05, 0) is 53.9 Å². The van der Waals surface area contributed by atoms with Crippen LogP contribution in [0.2, 0.25) is 0 Å². The number of hydrogen-bond acceptors (Lipinski definition) is 8. The predicted molar refractivity (Wildman–Crippen MR) is 138 cm³/mol. The second kappa shape index (κ2) is 17.3. The van der Waals surface area contributed by atoms with Crippen molar-refractivity contribution in [3.63, 3.8) is 0 Å². The third-order valence-electron chi connectivity index (χ3n) is 6.02. The fourth-order valence-electron chi connectivity index (χ4n) is 4.11. The van der Waals surface area contributed by atoms with Gasteiger partial charge in [0.05, 0.1) is 12.1 Å². The topological polar surface area (TPSA) is 140 Å². The lowest BCUT2D eigenvalue weighted by Gasteiger charge is -2.34. The third-order valence-corrected chi connectivity index (χ3v) is 6.75. The predicted octanol–water partition coefficient (Wildman–Crippen LogP) is 4.91.